The molecule has 0 atom stereocenters. The van der Waals surface area contributed by atoms with Gasteiger partial charge in [-0.3, -0.25) is 0 Å². The van der Waals surface area contributed by atoms with E-state index in [0.29, 0.717) is 22.6 Å². The van der Waals surface area contributed by atoms with Crippen molar-refractivity contribution in [1.29, 1.82) is 0 Å². The highest BCUT2D eigenvalue weighted by Crippen LogP contribution is 2.37. The molecule has 0 aliphatic heterocycles. The standard InChI is InChI=1S/C22H18F3NO4/c1-26(22-18(24)6-7-19(21(22)25)30-12-20(27)28)16-9-14(10-17(11-16)29-2)13-4-3-5-15(23)8-13/h3-11H,12H2,1-2H3,(H,27,28). The summed E-state index contributed by atoms with van der Waals surface area (Å²) in [5.74, 6) is -3.62. The number of carbonyl (C=O) groups is 1. The van der Waals surface area contributed by atoms with Crippen molar-refractivity contribution >= 4 is 17.3 Å². The third kappa shape index (κ3) is 4.48. The molecule has 0 heterocycles. The van der Waals surface area contributed by atoms with Crippen LogP contribution in [0.5, 0.6) is 11.5 Å². The first-order chi connectivity index (χ1) is 14.3. The Labute approximate surface area is 170 Å². The molecule has 8 heteroatoms. The van der Waals surface area contributed by atoms with E-state index >= 15 is 0 Å². The maximum absolute atomic E-state index is 14.9. The molecule has 0 spiro atoms. The summed E-state index contributed by atoms with van der Waals surface area (Å²) in [7, 11) is 2.88. The molecule has 0 fully saturated rings. The minimum Gasteiger partial charge on any atom is -0.497 e. The second-order valence-electron chi connectivity index (χ2n) is 6.38. The molecule has 30 heavy (non-hydrogen) atoms. The number of aliphatic carboxylic acids is 1. The van der Waals surface area contributed by atoms with Gasteiger partial charge in [0.15, 0.2) is 18.2 Å². The predicted molar refractivity (Wildman–Crippen MR) is 106 cm³/mol. The third-order valence-corrected chi connectivity index (χ3v) is 4.39. The molecule has 3 aromatic carbocycles. The summed E-state index contributed by atoms with van der Waals surface area (Å²) in [4.78, 5) is 11.9. The Morgan fingerprint density at radius 3 is 2.47 bits per heavy atom. The summed E-state index contributed by atoms with van der Waals surface area (Å²) >= 11 is 0. The SMILES string of the molecule is COc1cc(-c2cccc(F)c2)cc(N(C)c2c(F)ccc(OCC(=O)O)c2F)c1. The highest BCUT2D eigenvalue weighted by molar-refractivity contribution is 5.75. The van der Waals surface area contributed by atoms with Crippen molar-refractivity contribution < 1.29 is 32.5 Å². The topological polar surface area (TPSA) is 59.0 Å². The van der Waals surface area contributed by atoms with E-state index in [4.69, 9.17) is 14.6 Å². The second-order valence-corrected chi connectivity index (χ2v) is 6.38. The van der Waals surface area contributed by atoms with Crippen molar-refractivity contribution in [1.82, 2.24) is 0 Å². The van der Waals surface area contributed by atoms with Gasteiger partial charge in [-0.2, -0.15) is 0 Å². The number of methoxy groups -OCH3 is 1. The van der Waals surface area contributed by atoms with E-state index in [1.54, 1.807) is 30.3 Å². The lowest BCUT2D eigenvalue weighted by atomic mass is 10.0. The molecule has 0 radical (unpaired) electrons. The smallest absolute Gasteiger partial charge is 0.341 e. The van der Waals surface area contributed by atoms with Gasteiger partial charge >= 0.3 is 5.97 Å². The molecule has 0 unspecified atom stereocenters. The Kier molecular flexibility index (Phi) is 6.15. The van der Waals surface area contributed by atoms with E-state index in [-0.39, 0.29) is 0 Å². The monoisotopic (exact) mass is 417 g/mol. The van der Waals surface area contributed by atoms with Crippen LogP contribution in [-0.4, -0.2) is 31.8 Å². The van der Waals surface area contributed by atoms with Crippen LogP contribution < -0.4 is 14.4 Å². The minimum atomic E-state index is -1.29. The summed E-state index contributed by atoms with van der Waals surface area (Å²) in [6.45, 7) is -0.769. The Morgan fingerprint density at radius 2 is 1.80 bits per heavy atom. The van der Waals surface area contributed by atoms with Gasteiger partial charge in [0.25, 0.3) is 0 Å². The van der Waals surface area contributed by atoms with Crippen LogP contribution in [0.15, 0.2) is 54.6 Å². The van der Waals surface area contributed by atoms with Crippen LogP contribution in [0, 0.1) is 17.5 Å². The largest absolute Gasteiger partial charge is 0.497 e. The number of hydrogen-bond donors (Lipinski definition) is 1. The fourth-order valence-electron chi connectivity index (χ4n) is 2.94. The number of hydrogen-bond acceptors (Lipinski definition) is 4. The van der Waals surface area contributed by atoms with Crippen LogP contribution in [-0.2, 0) is 4.79 Å². The Morgan fingerprint density at radius 1 is 1.03 bits per heavy atom. The molecular formula is C22H18F3NO4. The van der Waals surface area contributed by atoms with Gasteiger partial charge in [-0.15, -0.1) is 0 Å². The zero-order valence-corrected chi connectivity index (χ0v) is 16.2. The number of nitrogens with zero attached hydrogens (tertiary/aromatic N) is 1. The van der Waals surface area contributed by atoms with Crippen molar-refractivity contribution in [3.63, 3.8) is 0 Å². The van der Waals surface area contributed by atoms with E-state index in [9.17, 15) is 18.0 Å². The fourth-order valence-corrected chi connectivity index (χ4v) is 2.94. The van der Waals surface area contributed by atoms with Crippen LogP contribution in [0.4, 0.5) is 24.5 Å². The molecule has 0 aliphatic rings. The average molecular weight is 417 g/mol. The molecule has 3 aromatic rings. The lowest BCUT2D eigenvalue weighted by molar-refractivity contribution is -0.139. The molecule has 156 valence electrons. The number of halogens is 3. The van der Waals surface area contributed by atoms with Gasteiger partial charge in [0.1, 0.15) is 23.1 Å². The second kappa shape index (κ2) is 8.77. The summed E-state index contributed by atoms with van der Waals surface area (Å²) in [6.07, 6.45) is 0. The maximum Gasteiger partial charge on any atom is 0.341 e. The number of ether oxygens (including phenoxy) is 2. The lowest BCUT2D eigenvalue weighted by Crippen LogP contribution is -2.16. The minimum absolute atomic E-state index is 0.363. The highest BCUT2D eigenvalue weighted by Gasteiger charge is 2.21. The molecular weight excluding hydrogens is 399 g/mol. The summed E-state index contributed by atoms with van der Waals surface area (Å²) in [5, 5.41) is 8.72. The van der Waals surface area contributed by atoms with E-state index < -0.39 is 41.5 Å². The Balaban J connectivity index is 2.06. The fraction of sp³-hybridized carbons (Fsp3) is 0.136. The van der Waals surface area contributed by atoms with Gasteiger partial charge in [0, 0.05) is 18.8 Å². The molecule has 0 saturated carbocycles. The van der Waals surface area contributed by atoms with Gasteiger partial charge in [-0.25, -0.2) is 18.0 Å². The molecule has 0 aliphatic carbocycles. The quantitative estimate of drug-likeness (QED) is 0.586. The molecule has 0 saturated heterocycles. The summed E-state index contributed by atoms with van der Waals surface area (Å²) in [5.41, 5.74) is 1.07. The molecule has 1 N–H and O–H groups in total. The van der Waals surface area contributed by atoms with E-state index in [1.807, 2.05) is 0 Å². The maximum atomic E-state index is 14.9. The first-order valence-corrected chi connectivity index (χ1v) is 8.81. The molecule has 0 bridgehead atoms. The van der Waals surface area contributed by atoms with E-state index in [1.165, 1.54) is 31.2 Å². The van der Waals surface area contributed by atoms with Gasteiger partial charge in [0.2, 0.25) is 0 Å². The zero-order valence-electron chi connectivity index (χ0n) is 16.2. The molecule has 3 rings (SSSR count). The first-order valence-electron chi connectivity index (χ1n) is 8.81. The number of carboxylic acid groups (broad SMARTS) is 1. The molecule has 5 nitrogen and oxygen atoms in total. The lowest BCUT2D eigenvalue weighted by Gasteiger charge is -2.23. The van der Waals surface area contributed by atoms with Crippen molar-refractivity contribution in [2.75, 3.05) is 25.7 Å². The van der Waals surface area contributed by atoms with Gasteiger partial charge in [0.05, 0.1) is 7.11 Å². The van der Waals surface area contributed by atoms with E-state index in [0.717, 1.165) is 12.1 Å². The van der Waals surface area contributed by atoms with Crippen LogP contribution in [0.2, 0.25) is 0 Å². The number of carboxylic acids is 1. The molecule has 0 aromatic heterocycles. The van der Waals surface area contributed by atoms with Crippen LogP contribution in [0.1, 0.15) is 0 Å². The summed E-state index contributed by atoms with van der Waals surface area (Å²) in [6, 6.07) is 12.8. The Hall–Kier alpha value is -3.68. The number of anilines is 2. The van der Waals surface area contributed by atoms with Crippen LogP contribution in [0.3, 0.4) is 0 Å². The average Bonchev–Trinajstić information content (AvgIpc) is 2.72. The zero-order chi connectivity index (χ0) is 21.8. The van der Waals surface area contributed by atoms with Gasteiger partial charge in [-0.1, -0.05) is 12.1 Å². The first kappa shape index (κ1) is 21.0. The van der Waals surface area contributed by atoms with Crippen LogP contribution >= 0.6 is 0 Å². The predicted octanol–water partition coefficient (Wildman–Crippen LogP) is 5.01. The van der Waals surface area contributed by atoms with Crippen molar-refractivity contribution in [2.24, 2.45) is 0 Å². The van der Waals surface area contributed by atoms with Crippen molar-refractivity contribution in [2.45, 2.75) is 0 Å². The van der Waals surface area contributed by atoms with Crippen LogP contribution in [0.25, 0.3) is 11.1 Å². The summed E-state index contributed by atoms with van der Waals surface area (Å²) < 4.78 is 53.2. The normalized spacial score (nSPS) is 10.6. The van der Waals surface area contributed by atoms with Gasteiger partial charge in [-0.05, 0) is 47.5 Å². The van der Waals surface area contributed by atoms with Crippen molar-refractivity contribution in [3.8, 4) is 22.6 Å². The third-order valence-electron chi connectivity index (χ3n) is 4.39. The number of rotatable bonds is 7. The molecule has 0 amide bonds. The highest BCUT2D eigenvalue weighted by atomic mass is 19.1. The number of benzene rings is 3. The van der Waals surface area contributed by atoms with E-state index in [2.05, 4.69) is 0 Å². The Bertz CT molecular complexity index is 1090. The van der Waals surface area contributed by atoms with Crippen molar-refractivity contribution in [3.05, 3.63) is 72.0 Å². The van der Waals surface area contributed by atoms with Gasteiger partial charge < -0.3 is 19.5 Å².